The zero-order valence-corrected chi connectivity index (χ0v) is 10.8. The first kappa shape index (κ1) is 11.6. The normalized spacial score (nSPS) is 24.8. The highest BCUT2D eigenvalue weighted by atomic mass is 79.9. The Labute approximate surface area is 107 Å². The standard InChI is InChI=1S/C13H15N2.BrH/c14-8-13-6-3-7-15(13)9-11-4-1-2-5-12(11)10-15;/h1-2,4-5,13H,3,6-7,9-10H2;1H/q+1;/p-1. The Bertz CT molecular complexity index is 411. The Morgan fingerprint density at radius 2 is 1.81 bits per heavy atom. The lowest BCUT2D eigenvalue weighted by atomic mass is 10.1. The van der Waals surface area contributed by atoms with Gasteiger partial charge in [-0.05, 0) is 0 Å². The number of fused-ring (bicyclic) bond motifs is 1. The van der Waals surface area contributed by atoms with Gasteiger partial charge < -0.3 is 21.5 Å². The molecule has 3 heteroatoms. The van der Waals surface area contributed by atoms with Crippen LogP contribution in [0.15, 0.2) is 24.3 Å². The van der Waals surface area contributed by atoms with Gasteiger partial charge in [-0.15, -0.1) is 0 Å². The van der Waals surface area contributed by atoms with E-state index in [1.807, 2.05) is 0 Å². The lowest BCUT2D eigenvalue weighted by molar-refractivity contribution is -0.951. The maximum absolute atomic E-state index is 9.21. The van der Waals surface area contributed by atoms with Crippen LogP contribution in [0.5, 0.6) is 0 Å². The zero-order valence-electron chi connectivity index (χ0n) is 9.19. The lowest BCUT2D eigenvalue weighted by Gasteiger charge is -2.32. The van der Waals surface area contributed by atoms with Crippen LogP contribution in [-0.2, 0) is 13.1 Å². The largest absolute Gasteiger partial charge is 1.00 e. The smallest absolute Gasteiger partial charge is 0.177 e. The summed E-state index contributed by atoms with van der Waals surface area (Å²) in [6.07, 6.45) is 2.30. The van der Waals surface area contributed by atoms with E-state index in [-0.39, 0.29) is 23.0 Å². The van der Waals surface area contributed by atoms with E-state index in [1.54, 1.807) is 0 Å². The van der Waals surface area contributed by atoms with E-state index < -0.39 is 0 Å². The van der Waals surface area contributed by atoms with Gasteiger partial charge in [0.2, 0.25) is 0 Å². The van der Waals surface area contributed by atoms with Gasteiger partial charge in [0, 0.05) is 24.0 Å². The van der Waals surface area contributed by atoms with E-state index in [1.165, 1.54) is 24.1 Å². The average molecular weight is 279 g/mol. The molecule has 0 aromatic heterocycles. The summed E-state index contributed by atoms with van der Waals surface area (Å²) in [6, 6.07) is 11.4. The number of benzene rings is 1. The third-order valence-electron chi connectivity index (χ3n) is 3.98. The maximum Gasteiger partial charge on any atom is 0.177 e. The molecule has 0 N–H and O–H groups in total. The van der Waals surface area contributed by atoms with E-state index in [4.69, 9.17) is 0 Å². The number of rotatable bonds is 0. The molecule has 0 amide bonds. The predicted molar refractivity (Wildman–Crippen MR) is 57.6 cm³/mol. The number of nitrogens with zero attached hydrogens (tertiary/aromatic N) is 2. The molecule has 0 aliphatic carbocycles. The van der Waals surface area contributed by atoms with E-state index in [0.717, 1.165) is 24.0 Å². The van der Waals surface area contributed by atoms with Crippen LogP contribution in [0.3, 0.4) is 0 Å². The molecule has 2 nitrogen and oxygen atoms in total. The first-order valence-corrected chi connectivity index (χ1v) is 5.66. The van der Waals surface area contributed by atoms with Crippen molar-refractivity contribution in [2.45, 2.75) is 32.0 Å². The Morgan fingerprint density at radius 3 is 2.38 bits per heavy atom. The molecule has 1 fully saturated rings. The van der Waals surface area contributed by atoms with E-state index in [2.05, 4.69) is 30.3 Å². The topological polar surface area (TPSA) is 23.8 Å². The summed E-state index contributed by atoms with van der Waals surface area (Å²) in [7, 11) is 0. The molecule has 0 saturated carbocycles. The summed E-state index contributed by atoms with van der Waals surface area (Å²) in [5.74, 6) is 0. The number of nitriles is 1. The van der Waals surface area contributed by atoms with Crippen LogP contribution in [0.25, 0.3) is 0 Å². The highest BCUT2D eigenvalue weighted by Gasteiger charge is 2.46. The van der Waals surface area contributed by atoms with Gasteiger partial charge in [-0.2, -0.15) is 5.26 Å². The SMILES string of the molecule is N#CC1CCC[N+]12Cc1ccccc1C2.[Br-]. The summed E-state index contributed by atoms with van der Waals surface area (Å²) in [5.41, 5.74) is 2.92. The molecule has 1 aromatic rings. The molecule has 84 valence electrons. The highest BCUT2D eigenvalue weighted by molar-refractivity contribution is 5.28. The predicted octanol–water partition coefficient (Wildman–Crippen LogP) is -0.793. The fraction of sp³-hybridized carbons (Fsp3) is 0.462. The molecule has 2 heterocycles. The minimum absolute atomic E-state index is 0. The first-order valence-electron chi connectivity index (χ1n) is 5.66. The molecule has 0 radical (unpaired) electrons. The van der Waals surface area contributed by atoms with Gasteiger partial charge in [-0.1, -0.05) is 24.3 Å². The van der Waals surface area contributed by atoms with Crippen molar-refractivity contribution < 1.29 is 21.5 Å². The van der Waals surface area contributed by atoms with Crippen LogP contribution in [0.2, 0.25) is 0 Å². The van der Waals surface area contributed by atoms with Crippen LogP contribution in [0.1, 0.15) is 24.0 Å². The van der Waals surface area contributed by atoms with Crippen molar-refractivity contribution in [2.75, 3.05) is 6.54 Å². The molecule has 1 aromatic carbocycles. The van der Waals surface area contributed by atoms with Gasteiger partial charge in [0.1, 0.15) is 19.2 Å². The van der Waals surface area contributed by atoms with E-state index in [0.29, 0.717) is 0 Å². The van der Waals surface area contributed by atoms with E-state index in [9.17, 15) is 5.26 Å². The van der Waals surface area contributed by atoms with Crippen molar-refractivity contribution in [1.82, 2.24) is 0 Å². The summed E-state index contributed by atoms with van der Waals surface area (Å²) in [5, 5.41) is 9.21. The van der Waals surface area contributed by atoms with Gasteiger partial charge in [0.05, 0.1) is 6.54 Å². The minimum atomic E-state index is 0. The molecule has 16 heavy (non-hydrogen) atoms. The zero-order chi connectivity index (χ0) is 10.3. The molecule has 1 saturated heterocycles. The van der Waals surface area contributed by atoms with E-state index >= 15 is 0 Å². The van der Waals surface area contributed by atoms with Crippen LogP contribution in [-0.4, -0.2) is 17.1 Å². The summed E-state index contributed by atoms with van der Waals surface area (Å²) in [4.78, 5) is 0. The summed E-state index contributed by atoms with van der Waals surface area (Å²) in [6.45, 7) is 3.34. The molecule has 0 bridgehead atoms. The van der Waals surface area contributed by atoms with Gasteiger partial charge in [-0.25, -0.2) is 0 Å². The quantitative estimate of drug-likeness (QED) is 0.571. The molecule has 1 atom stereocenters. The molecule has 1 unspecified atom stereocenters. The van der Waals surface area contributed by atoms with Gasteiger partial charge in [0.25, 0.3) is 0 Å². The van der Waals surface area contributed by atoms with Crippen LogP contribution >= 0.6 is 0 Å². The molecule has 3 rings (SSSR count). The fourth-order valence-electron chi connectivity index (χ4n) is 3.20. The Morgan fingerprint density at radius 1 is 1.19 bits per heavy atom. The van der Waals surface area contributed by atoms with Crippen LogP contribution < -0.4 is 17.0 Å². The van der Waals surface area contributed by atoms with Gasteiger partial charge >= 0.3 is 0 Å². The molecule has 1 spiro atoms. The number of hydrogen-bond acceptors (Lipinski definition) is 1. The minimum Gasteiger partial charge on any atom is -1.00 e. The van der Waals surface area contributed by atoms with Gasteiger partial charge in [-0.3, -0.25) is 0 Å². The Kier molecular flexibility index (Phi) is 3.05. The number of hydrogen-bond donors (Lipinski definition) is 0. The van der Waals surface area contributed by atoms with Crippen molar-refractivity contribution in [3.8, 4) is 6.07 Å². The molecular weight excluding hydrogens is 264 g/mol. The summed E-state index contributed by atoms with van der Waals surface area (Å²) < 4.78 is 1.01. The maximum atomic E-state index is 9.21. The number of halogens is 1. The average Bonchev–Trinajstić information content (AvgIpc) is 2.81. The fourth-order valence-corrected chi connectivity index (χ4v) is 3.20. The first-order chi connectivity index (χ1) is 7.34. The lowest BCUT2D eigenvalue weighted by Crippen LogP contribution is -3.00. The highest BCUT2D eigenvalue weighted by Crippen LogP contribution is 2.38. The molecule has 2 aliphatic rings. The van der Waals surface area contributed by atoms with Gasteiger partial charge in [0.15, 0.2) is 6.04 Å². The third-order valence-corrected chi connectivity index (χ3v) is 3.98. The van der Waals surface area contributed by atoms with Crippen molar-refractivity contribution >= 4 is 0 Å². The third kappa shape index (κ3) is 1.57. The number of quaternary nitrogens is 1. The second-order valence-corrected chi connectivity index (χ2v) is 4.81. The molecular formula is C13H15BrN2. The van der Waals surface area contributed by atoms with Crippen molar-refractivity contribution in [3.05, 3.63) is 35.4 Å². The van der Waals surface area contributed by atoms with Crippen LogP contribution in [0.4, 0.5) is 0 Å². The Balaban J connectivity index is 0.000000963. The van der Waals surface area contributed by atoms with Crippen molar-refractivity contribution in [3.63, 3.8) is 0 Å². The van der Waals surface area contributed by atoms with Crippen molar-refractivity contribution in [2.24, 2.45) is 0 Å². The summed E-state index contributed by atoms with van der Waals surface area (Å²) >= 11 is 0. The monoisotopic (exact) mass is 278 g/mol. The second-order valence-electron chi connectivity index (χ2n) is 4.81. The Hall–Kier alpha value is -0.850. The van der Waals surface area contributed by atoms with Crippen molar-refractivity contribution in [1.29, 1.82) is 5.26 Å². The second kappa shape index (κ2) is 4.20. The van der Waals surface area contributed by atoms with Crippen LogP contribution in [0, 0.1) is 11.3 Å². The molecule has 2 aliphatic heterocycles.